The number of aromatic hydroxyl groups is 1. The van der Waals surface area contributed by atoms with Crippen LogP contribution in [0, 0.1) is 0 Å². The summed E-state index contributed by atoms with van der Waals surface area (Å²) >= 11 is 0. The fraction of sp³-hybridized carbons (Fsp3) is 0.0909. The van der Waals surface area contributed by atoms with Crippen molar-refractivity contribution in [3.63, 3.8) is 0 Å². The summed E-state index contributed by atoms with van der Waals surface area (Å²) in [4.78, 5) is 9.19. The molecular formula is C22H20N4O2. The minimum Gasteiger partial charge on any atom is -0.506 e. The molecule has 0 bridgehead atoms. The molecule has 28 heavy (non-hydrogen) atoms. The number of anilines is 3. The van der Waals surface area contributed by atoms with Crippen molar-refractivity contribution in [2.45, 2.75) is 6.54 Å². The minimum absolute atomic E-state index is 0.141. The molecule has 0 aliphatic carbocycles. The summed E-state index contributed by atoms with van der Waals surface area (Å²) in [6.45, 7) is 0.557. The molecule has 0 unspecified atom stereocenters. The van der Waals surface area contributed by atoms with E-state index in [1.54, 1.807) is 25.3 Å². The number of aromatic nitrogens is 2. The Morgan fingerprint density at radius 1 is 0.893 bits per heavy atom. The van der Waals surface area contributed by atoms with Crippen LogP contribution in [0.5, 0.6) is 11.5 Å². The Morgan fingerprint density at radius 2 is 1.64 bits per heavy atom. The molecular weight excluding hydrogens is 352 g/mol. The summed E-state index contributed by atoms with van der Waals surface area (Å²) < 4.78 is 5.42. The summed E-state index contributed by atoms with van der Waals surface area (Å²) in [5.74, 6) is 2.07. The third-order valence-corrected chi connectivity index (χ3v) is 4.39. The van der Waals surface area contributed by atoms with Crippen LogP contribution in [-0.2, 0) is 6.54 Å². The zero-order valence-corrected chi connectivity index (χ0v) is 15.4. The fourth-order valence-corrected chi connectivity index (χ4v) is 3.00. The van der Waals surface area contributed by atoms with Crippen LogP contribution in [0.4, 0.5) is 17.5 Å². The second-order valence-electron chi connectivity index (χ2n) is 6.22. The van der Waals surface area contributed by atoms with Gasteiger partial charge in [0.2, 0.25) is 5.95 Å². The van der Waals surface area contributed by atoms with Gasteiger partial charge in [0.25, 0.3) is 0 Å². The molecule has 0 saturated heterocycles. The molecule has 0 amide bonds. The van der Waals surface area contributed by atoms with Gasteiger partial charge in [-0.25, -0.2) is 4.98 Å². The van der Waals surface area contributed by atoms with Crippen LogP contribution in [0.15, 0.2) is 72.8 Å². The maximum atomic E-state index is 10.0. The minimum atomic E-state index is 0.141. The van der Waals surface area contributed by atoms with Crippen molar-refractivity contribution in [1.82, 2.24) is 9.97 Å². The molecule has 4 aromatic rings. The summed E-state index contributed by atoms with van der Waals surface area (Å²) in [6.07, 6.45) is 0. The van der Waals surface area contributed by atoms with Gasteiger partial charge in [0.05, 0.1) is 18.3 Å². The first-order valence-electron chi connectivity index (χ1n) is 8.92. The molecule has 0 atom stereocenters. The van der Waals surface area contributed by atoms with Crippen molar-refractivity contribution in [3.05, 3.63) is 78.4 Å². The zero-order valence-electron chi connectivity index (χ0n) is 15.4. The van der Waals surface area contributed by atoms with E-state index in [2.05, 4.69) is 20.6 Å². The quantitative estimate of drug-likeness (QED) is 0.426. The molecule has 0 aliphatic heterocycles. The van der Waals surface area contributed by atoms with E-state index >= 15 is 0 Å². The zero-order chi connectivity index (χ0) is 19.3. The van der Waals surface area contributed by atoms with E-state index in [1.807, 2.05) is 54.6 Å². The molecule has 0 spiro atoms. The van der Waals surface area contributed by atoms with Crippen LogP contribution in [0.25, 0.3) is 10.9 Å². The first-order chi connectivity index (χ1) is 13.7. The maximum absolute atomic E-state index is 10.0. The largest absolute Gasteiger partial charge is 0.506 e. The highest BCUT2D eigenvalue weighted by Gasteiger charge is 2.10. The Balaban J connectivity index is 1.67. The average Bonchev–Trinajstić information content (AvgIpc) is 2.74. The Hall–Kier alpha value is -3.80. The van der Waals surface area contributed by atoms with Crippen LogP contribution >= 0.6 is 0 Å². The van der Waals surface area contributed by atoms with Gasteiger partial charge >= 0.3 is 0 Å². The van der Waals surface area contributed by atoms with Crippen molar-refractivity contribution in [1.29, 1.82) is 0 Å². The van der Waals surface area contributed by atoms with Gasteiger partial charge < -0.3 is 20.5 Å². The number of para-hydroxylation sites is 4. The second kappa shape index (κ2) is 7.84. The van der Waals surface area contributed by atoms with E-state index in [0.29, 0.717) is 24.0 Å². The highest BCUT2D eigenvalue weighted by atomic mass is 16.5. The standard InChI is InChI=1S/C22H20N4O2/c1-28-20-13-7-2-8-15(20)14-23-21-16-9-3-4-10-17(16)24-22(26-21)25-18-11-5-6-12-19(18)27/h2-13,27H,14H2,1H3,(H2,23,24,25,26). The topological polar surface area (TPSA) is 79.3 Å². The van der Waals surface area contributed by atoms with Gasteiger partial charge in [-0.3, -0.25) is 0 Å². The molecule has 3 N–H and O–H groups in total. The Bertz CT molecular complexity index is 1110. The first-order valence-corrected chi connectivity index (χ1v) is 8.92. The number of hydrogen-bond donors (Lipinski definition) is 3. The van der Waals surface area contributed by atoms with E-state index in [4.69, 9.17) is 4.74 Å². The number of phenolic OH excluding ortho intramolecular Hbond substituents is 1. The molecule has 0 saturated carbocycles. The van der Waals surface area contributed by atoms with Gasteiger partial charge in [0.15, 0.2) is 0 Å². The fourth-order valence-electron chi connectivity index (χ4n) is 3.00. The van der Waals surface area contributed by atoms with Crippen LogP contribution in [-0.4, -0.2) is 22.2 Å². The molecule has 140 valence electrons. The second-order valence-corrected chi connectivity index (χ2v) is 6.22. The number of nitrogens with one attached hydrogen (secondary N) is 2. The molecule has 6 nitrogen and oxygen atoms in total. The smallest absolute Gasteiger partial charge is 0.229 e. The van der Waals surface area contributed by atoms with Crippen molar-refractivity contribution in [2.75, 3.05) is 17.7 Å². The van der Waals surface area contributed by atoms with Crippen molar-refractivity contribution in [3.8, 4) is 11.5 Å². The lowest BCUT2D eigenvalue weighted by Gasteiger charge is -2.13. The van der Waals surface area contributed by atoms with E-state index in [0.717, 1.165) is 22.2 Å². The van der Waals surface area contributed by atoms with Crippen LogP contribution < -0.4 is 15.4 Å². The Morgan fingerprint density at radius 3 is 2.50 bits per heavy atom. The molecule has 4 rings (SSSR count). The molecule has 3 aromatic carbocycles. The van der Waals surface area contributed by atoms with Crippen LogP contribution in [0.3, 0.4) is 0 Å². The number of ether oxygens (including phenoxy) is 1. The van der Waals surface area contributed by atoms with Gasteiger partial charge in [-0.05, 0) is 30.3 Å². The monoisotopic (exact) mass is 372 g/mol. The van der Waals surface area contributed by atoms with E-state index in [1.165, 1.54) is 0 Å². The van der Waals surface area contributed by atoms with E-state index < -0.39 is 0 Å². The van der Waals surface area contributed by atoms with Gasteiger partial charge in [-0.1, -0.05) is 42.5 Å². The normalized spacial score (nSPS) is 10.6. The van der Waals surface area contributed by atoms with Crippen molar-refractivity contribution >= 4 is 28.4 Å². The van der Waals surface area contributed by atoms with Gasteiger partial charge in [0, 0.05) is 17.5 Å². The summed E-state index contributed by atoms with van der Waals surface area (Å²) in [5.41, 5.74) is 2.38. The van der Waals surface area contributed by atoms with Crippen molar-refractivity contribution in [2.24, 2.45) is 0 Å². The highest BCUT2D eigenvalue weighted by Crippen LogP contribution is 2.28. The molecule has 1 heterocycles. The van der Waals surface area contributed by atoms with Gasteiger partial charge in [-0.15, -0.1) is 0 Å². The Labute approximate surface area is 162 Å². The van der Waals surface area contributed by atoms with Crippen molar-refractivity contribution < 1.29 is 9.84 Å². The lowest BCUT2D eigenvalue weighted by Crippen LogP contribution is -2.06. The lowest BCUT2D eigenvalue weighted by molar-refractivity contribution is 0.410. The third kappa shape index (κ3) is 3.66. The molecule has 1 aromatic heterocycles. The maximum Gasteiger partial charge on any atom is 0.229 e. The van der Waals surface area contributed by atoms with Crippen LogP contribution in [0.1, 0.15) is 5.56 Å². The molecule has 0 radical (unpaired) electrons. The third-order valence-electron chi connectivity index (χ3n) is 4.39. The number of fused-ring (bicyclic) bond motifs is 1. The van der Waals surface area contributed by atoms with Crippen LogP contribution in [0.2, 0.25) is 0 Å². The highest BCUT2D eigenvalue weighted by molar-refractivity contribution is 5.90. The van der Waals surface area contributed by atoms with E-state index in [9.17, 15) is 5.11 Å². The summed E-state index contributed by atoms with van der Waals surface area (Å²) in [6, 6.07) is 22.6. The predicted octanol–water partition coefficient (Wildman–Crippen LogP) is 4.70. The first kappa shape index (κ1) is 17.6. The van der Waals surface area contributed by atoms with E-state index in [-0.39, 0.29) is 5.75 Å². The molecule has 6 heteroatoms. The number of methoxy groups -OCH3 is 1. The predicted molar refractivity (Wildman–Crippen MR) is 111 cm³/mol. The summed E-state index contributed by atoms with van der Waals surface area (Å²) in [7, 11) is 1.66. The number of hydrogen-bond acceptors (Lipinski definition) is 6. The number of phenols is 1. The van der Waals surface area contributed by atoms with Gasteiger partial charge in [0.1, 0.15) is 17.3 Å². The SMILES string of the molecule is COc1ccccc1CNc1nc(Nc2ccccc2O)nc2ccccc12. The Kier molecular flexibility index (Phi) is 4.93. The average molecular weight is 372 g/mol. The van der Waals surface area contributed by atoms with Gasteiger partial charge in [-0.2, -0.15) is 4.98 Å². The number of nitrogens with zero attached hydrogens (tertiary/aromatic N) is 2. The summed E-state index contributed by atoms with van der Waals surface area (Å²) in [5, 5.41) is 17.4. The molecule has 0 fully saturated rings. The number of rotatable bonds is 6. The molecule has 0 aliphatic rings. The number of benzene rings is 3. The lowest BCUT2D eigenvalue weighted by atomic mass is 10.2.